The van der Waals surface area contributed by atoms with Crippen LogP contribution in [0, 0.1) is 17.8 Å². The van der Waals surface area contributed by atoms with Gasteiger partial charge in [0.15, 0.2) is 0 Å². The quantitative estimate of drug-likeness (QED) is 0.745. The summed E-state index contributed by atoms with van der Waals surface area (Å²) in [5, 5.41) is 9.14. The first-order valence-electron chi connectivity index (χ1n) is 7.84. The maximum Gasteiger partial charge on any atom is 0.0612 e. The van der Waals surface area contributed by atoms with Crippen LogP contribution in [0.5, 0.6) is 0 Å². The van der Waals surface area contributed by atoms with Crippen LogP contribution in [0.3, 0.4) is 0 Å². The number of hydrogen-bond acceptors (Lipinski definition) is 2. The molecule has 0 spiro atoms. The first-order valence-corrected chi connectivity index (χ1v) is 7.84. The second-order valence-corrected chi connectivity index (χ2v) is 6.42. The van der Waals surface area contributed by atoms with Crippen LogP contribution in [-0.4, -0.2) is 23.9 Å². The number of rotatable bonds is 7. The molecule has 4 atom stereocenters. The van der Waals surface area contributed by atoms with Gasteiger partial charge >= 0.3 is 0 Å². The molecule has 0 aromatic carbocycles. The van der Waals surface area contributed by atoms with Crippen molar-refractivity contribution in [3.63, 3.8) is 0 Å². The summed E-state index contributed by atoms with van der Waals surface area (Å²) >= 11 is 0. The molecular formula is C16H32O2. The fourth-order valence-electron chi connectivity index (χ4n) is 3.26. The van der Waals surface area contributed by atoms with Crippen LogP contribution in [0.15, 0.2) is 0 Å². The summed E-state index contributed by atoms with van der Waals surface area (Å²) in [4.78, 5) is 0. The molecule has 108 valence electrons. The van der Waals surface area contributed by atoms with Gasteiger partial charge in [-0.25, -0.2) is 0 Å². The molecule has 4 unspecified atom stereocenters. The molecule has 0 aliphatic heterocycles. The van der Waals surface area contributed by atoms with Gasteiger partial charge in [-0.15, -0.1) is 0 Å². The largest absolute Gasteiger partial charge is 0.396 e. The fraction of sp³-hybridized carbons (Fsp3) is 1.00. The lowest BCUT2D eigenvalue weighted by Crippen LogP contribution is -2.37. The van der Waals surface area contributed by atoms with Crippen LogP contribution in [0.4, 0.5) is 0 Å². The van der Waals surface area contributed by atoms with Gasteiger partial charge in [0.05, 0.1) is 12.2 Å². The zero-order chi connectivity index (χ0) is 13.5. The summed E-state index contributed by atoms with van der Waals surface area (Å²) in [6.07, 6.45) is 7.55. The van der Waals surface area contributed by atoms with Gasteiger partial charge in [-0.05, 0) is 43.4 Å². The van der Waals surface area contributed by atoms with Gasteiger partial charge in [-0.1, -0.05) is 40.5 Å². The van der Waals surface area contributed by atoms with Crippen LogP contribution >= 0.6 is 0 Å². The van der Waals surface area contributed by atoms with E-state index >= 15 is 0 Å². The van der Waals surface area contributed by atoms with Crippen molar-refractivity contribution in [2.24, 2.45) is 17.8 Å². The molecular weight excluding hydrogens is 224 g/mol. The van der Waals surface area contributed by atoms with Crippen molar-refractivity contribution in [1.82, 2.24) is 0 Å². The van der Waals surface area contributed by atoms with E-state index in [4.69, 9.17) is 9.84 Å². The molecule has 1 saturated carbocycles. The lowest BCUT2D eigenvalue weighted by atomic mass is 9.75. The lowest BCUT2D eigenvalue weighted by Gasteiger charge is -2.39. The van der Waals surface area contributed by atoms with E-state index in [9.17, 15) is 0 Å². The molecule has 1 rings (SSSR count). The van der Waals surface area contributed by atoms with E-state index in [1.165, 1.54) is 19.3 Å². The SMILES string of the molecule is CCCC(CCO)OC1CC(C)CCC1C(C)C. The van der Waals surface area contributed by atoms with Crippen LogP contribution in [0.25, 0.3) is 0 Å². The summed E-state index contributed by atoms with van der Waals surface area (Å²) in [5.74, 6) is 2.21. The number of aliphatic hydroxyl groups is 1. The first kappa shape index (κ1) is 16.0. The monoisotopic (exact) mass is 256 g/mol. The standard InChI is InChI=1S/C16H32O2/c1-5-6-14(9-10-17)18-16-11-13(4)7-8-15(16)12(2)3/h12-17H,5-11H2,1-4H3. The first-order chi connectivity index (χ1) is 8.58. The molecule has 0 saturated heterocycles. The van der Waals surface area contributed by atoms with Crippen molar-refractivity contribution in [2.75, 3.05) is 6.61 Å². The second kappa shape index (κ2) is 8.16. The average molecular weight is 256 g/mol. The third kappa shape index (κ3) is 4.89. The normalized spacial score (nSPS) is 30.7. The van der Waals surface area contributed by atoms with Gasteiger partial charge in [0.2, 0.25) is 0 Å². The van der Waals surface area contributed by atoms with Gasteiger partial charge in [0.25, 0.3) is 0 Å². The van der Waals surface area contributed by atoms with Crippen molar-refractivity contribution >= 4 is 0 Å². The van der Waals surface area contributed by atoms with Crippen LogP contribution in [0.1, 0.15) is 66.2 Å². The molecule has 0 bridgehead atoms. The zero-order valence-corrected chi connectivity index (χ0v) is 12.7. The van der Waals surface area contributed by atoms with Crippen molar-refractivity contribution in [2.45, 2.75) is 78.4 Å². The topological polar surface area (TPSA) is 29.5 Å². The minimum atomic E-state index is 0.249. The summed E-state index contributed by atoms with van der Waals surface area (Å²) < 4.78 is 6.36. The molecule has 1 fully saturated rings. The van der Waals surface area contributed by atoms with Crippen molar-refractivity contribution in [3.05, 3.63) is 0 Å². The van der Waals surface area contributed by atoms with Gasteiger partial charge in [0, 0.05) is 6.61 Å². The highest BCUT2D eigenvalue weighted by Crippen LogP contribution is 2.36. The van der Waals surface area contributed by atoms with Gasteiger partial charge in [0.1, 0.15) is 0 Å². The minimum Gasteiger partial charge on any atom is -0.396 e. The molecule has 0 heterocycles. The Morgan fingerprint density at radius 3 is 2.50 bits per heavy atom. The molecule has 0 aromatic rings. The smallest absolute Gasteiger partial charge is 0.0612 e. The third-order valence-corrected chi connectivity index (χ3v) is 4.39. The van der Waals surface area contributed by atoms with Crippen LogP contribution in [-0.2, 0) is 4.74 Å². The predicted molar refractivity (Wildman–Crippen MR) is 76.6 cm³/mol. The van der Waals surface area contributed by atoms with E-state index in [-0.39, 0.29) is 12.7 Å². The van der Waals surface area contributed by atoms with Crippen molar-refractivity contribution < 1.29 is 9.84 Å². The second-order valence-electron chi connectivity index (χ2n) is 6.42. The third-order valence-electron chi connectivity index (χ3n) is 4.39. The zero-order valence-electron chi connectivity index (χ0n) is 12.7. The Balaban J connectivity index is 2.57. The van der Waals surface area contributed by atoms with E-state index < -0.39 is 0 Å². The lowest BCUT2D eigenvalue weighted by molar-refractivity contribution is -0.0885. The van der Waals surface area contributed by atoms with Crippen molar-refractivity contribution in [3.8, 4) is 0 Å². The number of aliphatic hydroxyl groups excluding tert-OH is 1. The molecule has 0 radical (unpaired) electrons. The molecule has 2 heteroatoms. The Labute approximate surface area is 113 Å². The Kier molecular flexibility index (Phi) is 7.25. The highest BCUT2D eigenvalue weighted by molar-refractivity contribution is 4.82. The fourth-order valence-corrected chi connectivity index (χ4v) is 3.26. The summed E-state index contributed by atoms with van der Waals surface area (Å²) in [7, 11) is 0. The van der Waals surface area contributed by atoms with Gasteiger partial charge in [-0.3, -0.25) is 0 Å². The molecule has 18 heavy (non-hydrogen) atoms. The van der Waals surface area contributed by atoms with Crippen LogP contribution in [0.2, 0.25) is 0 Å². The highest BCUT2D eigenvalue weighted by atomic mass is 16.5. The Hall–Kier alpha value is -0.0800. The molecule has 0 amide bonds. The maximum atomic E-state index is 9.14. The molecule has 1 aliphatic carbocycles. The summed E-state index contributed by atoms with van der Waals surface area (Å²) in [6, 6.07) is 0. The summed E-state index contributed by atoms with van der Waals surface area (Å²) in [5.41, 5.74) is 0. The minimum absolute atomic E-state index is 0.249. The van der Waals surface area contributed by atoms with Gasteiger partial charge < -0.3 is 9.84 Å². The number of ether oxygens (including phenoxy) is 1. The number of hydrogen-bond donors (Lipinski definition) is 1. The van der Waals surface area contributed by atoms with Crippen molar-refractivity contribution in [1.29, 1.82) is 0 Å². The van der Waals surface area contributed by atoms with E-state index in [1.807, 2.05) is 0 Å². The van der Waals surface area contributed by atoms with E-state index in [0.717, 1.165) is 25.2 Å². The average Bonchev–Trinajstić information content (AvgIpc) is 2.29. The molecule has 2 nitrogen and oxygen atoms in total. The maximum absolute atomic E-state index is 9.14. The molecule has 0 aromatic heterocycles. The Bertz CT molecular complexity index is 209. The van der Waals surface area contributed by atoms with Crippen LogP contribution < -0.4 is 0 Å². The van der Waals surface area contributed by atoms with E-state index in [0.29, 0.717) is 17.9 Å². The Morgan fingerprint density at radius 2 is 1.94 bits per heavy atom. The molecule has 1 aliphatic rings. The molecule has 1 N–H and O–H groups in total. The van der Waals surface area contributed by atoms with E-state index in [1.54, 1.807) is 0 Å². The summed E-state index contributed by atoms with van der Waals surface area (Å²) in [6.45, 7) is 9.42. The Morgan fingerprint density at radius 1 is 1.22 bits per heavy atom. The van der Waals surface area contributed by atoms with Gasteiger partial charge in [-0.2, -0.15) is 0 Å². The highest BCUT2D eigenvalue weighted by Gasteiger charge is 2.32. The van der Waals surface area contributed by atoms with E-state index in [2.05, 4.69) is 27.7 Å². The predicted octanol–water partition coefficient (Wildman–Crippen LogP) is 4.01.